The molecule has 1 aliphatic rings. The van der Waals surface area contributed by atoms with E-state index in [-0.39, 0.29) is 6.61 Å². The monoisotopic (exact) mass is 479 g/mol. The quantitative estimate of drug-likeness (QED) is 0.522. The van der Waals surface area contributed by atoms with Crippen LogP contribution < -0.4 is 5.46 Å². The molecule has 35 heavy (non-hydrogen) atoms. The minimum atomic E-state index is -0.849. The second-order valence-electron chi connectivity index (χ2n) is 10.1. The molecule has 1 aliphatic heterocycles. The van der Waals surface area contributed by atoms with Crippen molar-refractivity contribution in [3.63, 3.8) is 0 Å². The molecular formula is C26H34BN3O5. The van der Waals surface area contributed by atoms with Gasteiger partial charge < -0.3 is 24.1 Å². The molecule has 2 heterocycles. The number of aromatic nitrogens is 2. The maximum absolute atomic E-state index is 12.4. The summed E-state index contributed by atoms with van der Waals surface area (Å²) in [5.74, 6) is 0. The summed E-state index contributed by atoms with van der Waals surface area (Å²) in [5, 5.41) is 16.6. The van der Waals surface area contributed by atoms with Crippen molar-refractivity contribution in [3.05, 3.63) is 59.8 Å². The van der Waals surface area contributed by atoms with Gasteiger partial charge in [-0.3, -0.25) is 4.68 Å². The van der Waals surface area contributed by atoms with E-state index < -0.39 is 30.5 Å². The number of rotatable bonds is 7. The first-order chi connectivity index (χ1) is 16.5. The number of hydrogen-bond acceptors (Lipinski definition) is 6. The van der Waals surface area contributed by atoms with E-state index in [1.807, 2.05) is 83.3 Å². The van der Waals surface area contributed by atoms with Gasteiger partial charge in [0.05, 0.1) is 28.5 Å². The summed E-state index contributed by atoms with van der Waals surface area (Å²) in [4.78, 5) is 13.9. The van der Waals surface area contributed by atoms with E-state index in [4.69, 9.17) is 14.0 Å². The molecule has 2 aromatic carbocycles. The van der Waals surface area contributed by atoms with Gasteiger partial charge in [0.25, 0.3) is 0 Å². The molecule has 0 radical (unpaired) electrons. The van der Waals surface area contributed by atoms with Crippen molar-refractivity contribution in [2.75, 3.05) is 13.6 Å². The predicted octanol–water partition coefficient (Wildman–Crippen LogP) is 3.56. The molecule has 0 aliphatic carbocycles. The second-order valence-corrected chi connectivity index (χ2v) is 10.1. The van der Waals surface area contributed by atoms with Gasteiger partial charge in [0.2, 0.25) is 0 Å². The van der Waals surface area contributed by atoms with Crippen molar-refractivity contribution in [1.82, 2.24) is 14.7 Å². The Morgan fingerprint density at radius 3 is 2.43 bits per heavy atom. The number of ether oxygens (including phenoxy) is 1. The minimum absolute atomic E-state index is 0.205. The number of amides is 1. The van der Waals surface area contributed by atoms with E-state index in [1.54, 1.807) is 11.7 Å². The van der Waals surface area contributed by atoms with Gasteiger partial charge in [0.1, 0.15) is 6.61 Å². The normalized spacial score (nSPS) is 17.5. The average molecular weight is 479 g/mol. The van der Waals surface area contributed by atoms with Gasteiger partial charge in [-0.15, -0.1) is 0 Å². The molecule has 1 atom stereocenters. The van der Waals surface area contributed by atoms with Crippen LogP contribution in [0.4, 0.5) is 4.79 Å². The van der Waals surface area contributed by atoms with Crippen LogP contribution in [0.5, 0.6) is 0 Å². The fraction of sp³-hybridized carbons (Fsp3) is 0.462. The van der Waals surface area contributed by atoms with Crippen LogP contribution in [0.25, 0.3) is 10.9 Å². The van der Waals surface area contributed by atoms with E-state index >= 15 is 0 Å². The van der Waals surface area contributed by atoms with E-state index in [2.05, 4.69) is 5.10 Å². The van der Waals surface area contributed by atoms with Crippen molar-refractivity contribution < 1.29 is 23.9 Å². The number of nitrogens with zero attached hydrogens (tertiary/aromatic N) is 3. The molecule has 1 amide bonds. The van der Waals surface area contributed by atoms with Crippen LogP contribution in [-0.4, -0.2) is 57.8 Å². The maximum atomic E-state index is 12.4. The predicted molar refractivity (Wildman–Crippen MR) is 135 cm³/mol. The fourth-order valence-corrected chi connectivity index (χ4v) is 4.22. The highest BCUT2D eigenvalue weighted by Gasteiger charge is 2.52. The summed E-state index contributed by atoms with van der Waals surface area (Å²) in [7, 11) is 2.90. The van der Waals surface area contributed by atoms with Gasteiger partial charge in [-0.2, -0.15) is 5.10 Å². The zero-order chi connectivity index (χ0) is 25.4. The average Bonchev–Trinajstić information content (AvgIpc) is 3.26. The summed E-state index contributed by atoms with van der Waals surface area (Å²) in [6.45, 7) is 8.58. The number of fused-ring (bicyclic) bond motifs is 1. The molecule has 3 aromatic rings. The Balaban J connectivity index is 1.48. The molecule has 1 N–H and O–H groups in total. The zero-order valence-electron chi connectivity index (χ0n) is 21.3. The molecular weight excluding hydrogens is 445 g/mol. The zero-order valence-corrected chi connectivity index (χ0v) is 21.3. The topological polar surface area (TPSA) is 86.1 Å². The van der Waals surface area contributed by atoms with Crippen LogP contribution in [-0.2, 0) is 27.7 Å². The Labute approximate surface area is 206 Å². The molecule has 186 valence electrons. The third kappa shape index (κ3) is 5.08. The highest BCUT2D eigenvalue weighted by molar-refractivity contribution is 6.65. The van der Waals surface area contributed by atoms with Gasteiger partial charge in [0, 0.05) is 26.0 Å². The van der Waals surface area contributed by atoms with Crippen molar-refractivity contribution >= 4 is 29.6 Å². The van der Waals surface area contributed by atoms with Crippen molar-refractivity contribution in [2.45, 2.75) is 58.0 Å². The Morgan fingerprint density at radius 2 is 1.77 bits per heavy atom. The van der Waals surface area contributed by atoms with Crippen molar-refractivity contribution in [1.29, 1.82) is 0 Å². The summed E-state index contributed by atoms with van der Waals surface area (Å²) < 4.78 is 19.6. The smallest absolute Gasteiger partial charge is 0.445 e. The lowest BCUT2D eigenvalue weighted by molar-refractivity contribution is 0.00578. The molecule has 9 heteroatoms. The van der Waals surface area contributed by atoms with E-state index in [0.717, 1.165) is 21.9 Å². The highest BCUT2D eigenvalue weighted by atomic mass is 16.7. The molecule has 0 bridgehead atoms. The van der Waals surface area contributed by atoms with Crippen LogP contribution >= 0.6 is 0 Å². The lowest BCUT2D eigenvalue weighted by Gasteiger charge is -2.32. The first kappa shape index (κ1) is 25.2. The number of aliphatic hydroxyl groups is 1. The lowest BCUT2D eigenvalue weighted by atomic mass is 9.76. The van der Waals surface area contributed by atoms with E-state index in [0.29, 0.717) is 18.7 Å². The molecule has 1 unspecified atom stereocenters. The molecule has 0 saturated carbocycles. The third-order valence-electron chi connectivity index (χ3n) is 7.01. The number of carbonyl (C=O) groups is 1. The van der Waals surface area contributed by atoms with Crippen LogP contribution in [0.1, 0.15) is 51.5 Å². The van der Waals surface area contributed by atoms with Crippen molar-refractivity contribution in [2.24, 2.45) is 7.05 Å². The third-order valence-corrected chi connectivity index (χ3v) is 7.01. The number of aliphatic hydroxyl groups excluding tert-OH is 1. The summed E-state index contributed by atoms with van der Waals surface area (Å²) >= 11 is 0. The maximum Gasteiger partial charge on any atom is 0.495 e. The van der Waals surface area contributed by atoms with Gasteiger partial charge in [0.15, 0.2) is 0 Å². The Bertz CT molecular complexity index is 1180. The highest BCUT2D eigenvalue weighted by Crippen LogP contribution is 2.37. The number of benzene rings is 2. The first-order valence-electron chi connectivity index (χ1n) is 11.9. The summed E-state index contributed by atoms with van der Waals surface area (Å²) in [6.07, 6.45) is -0.963. The van der Waals surface area contributed by atoms with Crippen molar-refractivity contribution in [3.8, 4) is 0 Å². The molecule has 8 nitrogen and oxygen atoms in total. The second kappa shape index (κ2) is 9.64. The number of carbonyl (C=O) groups excluding carboxylic acids is 1. The van der Waals surface area contributed by atoms with Crippen LogP contribution in [0.2, 0.25) is 0 Å². The number of hydrogen-bond donors (Lipinski definition) is 1. The largest absolute Gasteiger partial charge is 0.495 e. The van der Waals surface area contributed by atoms with Crippen LogP contribution in [0.3, 0.4) is 0 Å². The van der Waals surface area contributed by atoms with Gasteiger partial charge >= 0.3 is 13.2 Å². The van der Waals surface area contributed by atoms with Crippen LogP contribution in [0.15, 0.2) is 48.5 Å². The van der Waals surface area contributed by atoms with E-state index in [9.17, 15) is 9.90 Å². The molecule has 1 saturated heterocycles. The van der Waals surface area contributed by atoms with Gasteiger partial charge in [-0.05, 0) is 51.2 Å². The molecule has 1 aromatic heterocycles. The Kier molecular flexibility index (Phi) is 6.95. The van der Waals surface area contributed by atoms with Gasteiger partial charge in [-0.25, -0.2) is 4.79 Å². The fourth-order valence-electron chi connectivity index (χ4n) is 4.22. The Hall–Kier alpha value is -2.88. The minimum Gasteiger partial charge on any atom is -0.445 e. The Morgan fingerprint density at radius 1 is 1.11 bits per heavy atom. The van der Waals surface area contributed by atoms with Gasteiger partial charge in [-0.1, -0.05) is 42.5 Å². The lowest BCUT2D eigenvalue weighted by Crippen LogP contribution is -2.41. The molecule has 1 fully saturated rings. The van der Waals surface area contributed by atoms with E-state index in [1.165, 1.54) is 4.90 Å². The molecule has 0 spiro atoms. The SMILES string of the molecule is CN(CCC(O)c1c2c(B3OC(C)(C)C(C)(C)O3)cccc2nn1C)C(=O)OCc1ccccc1. The standard InChI is InChI=1S/C26H34BN3O5/c1-25(2)26(3,4)35-27(34-25)19-13-10-14-20-22(19)23(30(6)28-20)21(31)15-16-29(5)24(32)33-17-18-11-8-7-9-12-18/h7-14,21,31H,15-17H2,1-6H3. The summed E-state index contributed by atoms with van der Waals surface area (Å²) in [5.41, 5.74) is 2.21. The molecule has 4 rings (SSSR count). The van der Waals surface area contributed by atoms with Crippen LogP contribution in [0, 0.1) is 0 Å². The number of aryl methyl sites for hydroxylation is 1. The summed E-state index contributed by atoms with van der Waals surface area (Å²) in [6, 6.07) is 15.3. The first-order valence-corrected chi connectivity index (χ1v) is 11.9.